The van der Waals surface area contributed by atoms with Crippen LogP contribution in [0, 0.1) is 16.7 Å². The summed E-state index contributed by atoms with van der Waals surface area (Å²) in [5.74, 6) is 2.29. The number of piperazine rings is 1. The lowest BCUT2D eigenvalue weighted by Gasteiger charge is -2.56. The first-order valence-corrected chi connectivity index (χ1v) is 15.4. The Morgan fingerprint density at radius 3 is 2.61 bits per heavy atom. The normalized spacial score (nSPS) is 23.9. The molecule has 226 valence electrons. The molecule has 5 aliphatic rings. The molecule has 11 nitrogen and oxygen atoms in total. The third kappa shape index (κ3) is 4.83. The van der Waals surface area contributed by atoms with Gasteiger partial charge in [-0.15, -0.1) is 0 Å². The number of hydrogen-bond donors (Lipinski definition) is 1. The molecular formula is C33H36N8O3. The zero-order valence-electron chi connectivity index (χ0n) is 24.8. The molecule has 0 radical (unpaired) electrons. The molecule has 4 aliphatic heterocycles. The minimum atomic E-state index is -0.221. The van der Waals surface area contributed by atoms with Crippen molar-refractivity contribution in [2.24, 2.45) is 5.41 Å². The van der Waals surface area contributed by atoms with E-state index in [-0.39, 0.29) is 11.5 Å². The number of aliphatic hydroxyl groups excluding tert-OH is 1. The lowest BCUT2D eigenvalue weighted by Crippen LogP contribution is -2.68. The molecular weight excluding hydrogens is 556 g/mol. The molecule has 4 aromatic heterocycles. The first-order chi connectivity index (χ1) is 21.5. The molecule has 8 heterocycles. The predicted octanol–water partition coefficient (Wildman–Crippen LogP) is 2.97. The molecule has 0 aromatic carbocycles. The molecule has 1 spiro atoms. The van der Waals surface area contributed by atoms with Gasteiger partial charge in [0, 0.05) is 86.4 Å². The number of nitrogens with zero attached hydrogens (tertiary/aromatic N) is 8. The average Bonchev–Trinajstić information content (AvgIpc) is 3.62. The topological polar surface area (TPSA) is 115 Å². The molecule has 5 fully saturated rings. The van der Waals surface area contributed by atoms with Gasteiger partial charge in [0.1, 0.15) is 24.2 Å². The summed E-state index contributed by atoms with van der Waals surface area (Å²) in [7, 11) is 1.64. The Morgan fingerprint density at radius 2 is 1.93 bits per heavy atom. The maximum Gasteiger partial charge on any atom is 0.212 e. The number of rotatable bonds is 9. The lowest BCUT2D eigenvalue weighted by molar-refractivity contribution is -0.00876. The van der Waals surface area contributed by atoms with Crippen molar-refractivity contribution in [3.05, 3.63) is 66.2 Å². The summed E-state index contributed by atoms with van der Waals surface area (Å²) < 4.78 is 13.1. The van der Waals surface area contributed by atoms with Gasteiger partial charge < -0.3 is 19.5 Å². The summed E-state index contributed by atoms with van der Waals surface area (Å²) in [6.07, 6.45) is 10.5. The summed E-state index contributed by atoms with van der Waals surface area (Å²) in [6.45, 7) is 5.72. The second-order valence-corrected chi connectivity index (χ2v) is 12.7. The van der Waals surface area contributed by atoms with Gasteiger partial charge in [0.05, 0.1) is 36.7 Å². The van der Waals surface area contributed by atoms with Gasteiger partial charge in [-0.3, -0.25) is 9.80 Å². The number of likely N-dealkylation sites (tertiary alicyclic amines) is 1. The number of pyridine rings is 3. The molecule has 0 amide bonds. The van der Waals surface area contributed by atoms with E-state index in [2.05, 4.69) is 49.1 Å². The summed E-state index contributed by atoms with van der Waals surface area (Å²) in [4.78, 5) is 16.5. The number of anilines is 1. The molecule has 3 unspecified atom stereocenters. The van der Waals surface area contributed by atoms with Crippen LogP contribution in [0.25, 0.3) is 16.6 Å². The number of hydrogen-bond acceptors (Lipinski definition) is 10. The van der Waals surface area contributed by atoms with Crippen molar-refractivity contribution in [2.45, 2.75) is 44.0 Å². The minimum Gasteiger partial charge on any atom is -0.491 e. The van der Waals surface area contributed by atoms with Crippen LogP contribution in [-0.2, 0) is 6.54 Å². The fourth-order valence-electron chi connectivity index (χ4n) is 7.35. The minimum absolute atomic E-state index is 0.136. The Balaban J connectivity index is 0.955. The van der Waals surface area contributed by atoms with E-state index >= 15 is 0 Å². The van der Waals surface area contributed by atoms with E-state index in [1.54, 1.807) is 17.8 Å². The quantitative estimate of drug-likeness (QED) is 0.311. The van der Waals surface area contributed by atoms with Gasteiger partial charge in [0.15, 0.2) is 0 Å². The molecule has 1 aliphatic carbocycles. The predicted molar refractivity (Wildman–Crippen MR) is 163 cm³/mol. The van der Waals surface area contributed by atoms with E-state index in [1.807, 2.05) is 30.7 Å². The van der Waals surface area contributed by atoms with Gasteiger partial charge >= 0.3 is 0 Å². The number of β-amino-alcohol motifs (C(OH)–C–C–N with tert-alkyl or cyclic N) is 1. The molecule has 44 heavy (non-hydrogen) atoms. The number of aromatic nitrogens is 4. The highest BCUT2D eigenvalue weighted by atomic mass is 16.5. The van der Waals surface area contributed by atoms with Gasteiger partial charge in [0.25, 0.3) is 0 Å². The molecule has 4 aromatic rings. The summed E-state index contributed by atoms with van der Waals surface area (Å²) in [5.41, 5.74) is 4.37. The molecule has 1 N–H and O–H groups in total. The van der Waals surface area contributed by atoms with Gasteiger partial charge in [-0.05, 0) is 43.0 Å². The second kappa shape index (κ2) is 10.7. The van der Waals surface area contributed by atoms with E-state index in [9.17, 15) is 10.4 Å². The number of piperidine rings is 1. The van der Waals surface area contributed by atoms with Crippen LogP contribution in [0.2, 0.25) is 0 Å². The summed E-state index contributed by atoms with van der Waals surface area (Å²) in [6, 6.07) is 13.4. The Bertz CT molecular complexity index is 1700. The highest BCUT2D eigenvalue weighted by Crippen LogP contribution is 2.52. The highest BCUT2D eigenvalue weighted by Gasteiger charge is 2.54. The van der Waals surface area contributed by atoms with Gasteiger partial charge in [0.2, 0.25) is 5.88 Å². The fraction of sp³-hybridized carbons (Fsp3) is 0.455. The van der Waals surface area contributed by atoms with E-state index in [4.69, 9.17) is 14.5 Å². The molecule has 2 bridgehead atoms. The first kappa shape index (κ1) is 27.3. The molecule has 11 heteroatoms. The van der Waals surface area contributed by atoms with Crippen molar-refractivity contribution in [1.29, 1.82) is 5.26 Å². The van der Waals surface area contributed by atoms with Gasteiger partial charge in [-0.2, -0.15) is 10.4 Å². The van der Waals surface area contributed by atoms with Crippen molar-refractivity contribution in [1.82, 2.24) is 29.4 Å². The number of ether oxygens (including phenoxy) is 2. The van der Waals surface area contributed by atoms with E-state index in [0.717, 1.165) is 68.0 Å². The van der Waals surface area contributed by atoms with Crippen molar-refractivity contribution < 1.29 is 14.6 Å². The van der Waals surface area contributed by atoms with Crippen LogP contribution in [0.1, 0.15) is 30.4 Å². The molecule has 9 rings (SSSR count). The van der Waals surface area contributed by atoms with Crippen LogP contribution in [0.15, 0.2) is 55.1 Å². The largest absolute Gasteiger partial charge is 0.491 e. The third-order valence-corrected chi connectivity index (χ3v) is 10.1. The zero-order chi connectivity index (χ0) is 29.8. The molecule has 1 saturated carbocycles. The number of aliphatic hydroxyl groups is 1. The average molecular weight is 593 g/mol. The summed E-state index contributed by atoms with van der Waals surface area (Å²) in [5, 5.41) is 24.6. The Hall–Kier alpha value is -4.24. The number of fused-ring (bicyclic) bond motifs is 3. The van der Waals surface area contributed by atoms with Crippen molar-refractivity contribution in [2.75, 3.05) is 51.3 Å². The van der Waals surface area contributed by atoms with Crippen LogP contribution in [0.4, 0.5) is 5.82 Å². The smallest absolute Gasteiger partial charge is 0.212 e. The monoisotopic (exact) mass is 592 g/mol. The second-order valence-electron chi connectivity index (χ2n) is 12.7. The van der Waals surface area contributed by atoms with Crippen molar-refractivity contribution in [3.8, 4) is 28.8 Å². The SMILES string of the molecule is COc1ccc(CN2C3CC2CN(c2ccc(-c4cc(OCCN5CC(O)C6(CC6)C5)cn5ncc(C#N)c45)cn2)C3)cn1. The Morgan fingerprint density at radius 1 is 1.07 bits per heavy atom. The zero-order valence-corrected chi connectivity index (χ0v) is 24.8. The van der Waals surface area contributed by atoms with E-state index in [1.165, 1.54) is 12.0 Å². The standard InChI is InChI=1S/C33H36N8O3/c1-43-31-5-2-22(13-36-31)16-40-25-10-26(40)18-39(17-25)30-4-3-23(14-35-30)28-11-27(19-41-32(28)24(12-34)15-37-41)44-9-8-38-20-29(42)33(21-38)6-7-33/h2-5,11,13-15,19,25-26,29,42H,6-10,16-18,20-21H2,1H3. The highest BCUT2D eigenvalue weighted by molar-refractivity contribution is 5.85. The maximum atomic E-state index is 10.4. The maximum absolute atomic E-state index is 10.4. The number of nitriles is 1. The fourth-order valence-corrected chi connectivity index (χ4v) is 7.35. The van der Waals surface area contributed by atoms with Crippen LogP contribution in [0.3, 0.4) is 0 Å². The van der Waals surface area contributed by atoms with Crippen LogP contribution >= 0.6 is 0 Å². The Kier molecular flexibility index (Phi) is 6.66. The Labute approximate surface area is 256 Å². The molecule has 4 saturated heterocycles. The summed E-state index contributed by atoms with van der Waals surface area (Å²) >= 11 is 0. The van der Waals surface area contributed by atoms with Crippen LogP contribution < -0.4 is 14.4 Å². The molecule has 3 atom stereocenters. The lowest BCUT2D eigenvalue weighted by atomic mass is 9.87. The van der Waals surface area contributed by atoms with Crippen LogP contribution in [0.5, 0.6) is 11.6 Å². The van der Waals surface area contributed by atoms with E-state index < -0.39 is 0 Å². The van der Waals surface area contributed by atoms with Gasteiger partial charge in [-0.25, -0.2) is 14.5 Å². The van der Waals surface area contributed by atoms with E-state index in [0.29, 0.717) is 42.4 Å². The third-order valence-electron chi connectivity index (χ3n) is 10.1. The van der Waals surface area contributed by atoms with Crippen LogP contribution in [-0.4, -0.2) is 99.1 Å². The first-order valence-electron chi connectivity index (χ1n) is 15.4. The van der Waals surface area contributed by atoms with Crippen molar-refractivity contribution in [3.63, 3.8) is 0 Å². The number of methoxy groups -OCH3 is 1. The van der Waals surface area contributed by atoms with Gasteiger partial charge in [-0.1, -0.05) is 6.07 Å². The van der Waals surface area contributed by atoms with Crippen molar-refractivity contribution >= 4 is 11.3 Å².